The summed E-state index contributed by atoms with van der Waals surface area (Å²) >= 11 is 1.74. The van der Waals surface area contributed by atoms with Crippen molar-refractivity contribution in [1.82, 2.24) is 0 Å². The van der Waals surface area contributed by atoms with E-state index in [-0.39, 0.29) is 5.91 Å². The zero-order chi connectivity index (χ0) is 11.1. The Morgan fingerprint density at radius 1 is 1.29 bits per heavy atom. The van der Waals surface area contributed by atoms with Gasteiger partial charge in [0.25, 0.3) is 0 Å². The van der Waals surface area contributed by atoms with Crippen LogP contribution in [0.2, 0.25) is 19.6 Å². The molecular weight excluding hydrogens is 210 g/mol. The van der Waals surface area contributed by atoms with E-state index in [0.717, 1.165) is 11.1 Å². The van der Waals surface area contributed by atoms with E-state index in [1.165, 1.54) is 9.38 Å². The van der Waals surface area contributed by atoms with Crippen molar-refractivity contribution in [2.24, 2.45) is 5.73 Å². The number of nitrogens with two attached hydrogens (primary N) is 1. The summed E-state index contributed by atoms with van der Waals surface area (Å²) in [7, 11) is -1.43. The molecule has 2 N–H and O–H groups in total. The molecule has 0 spiro atoms. The van der Waals surface area contributed by atoms with E-state index in [0.29, 0.717) is 0 Å². The summed E-state index contributed by atoms with van der Waals surface area (Å²) < 4.78 is 1.24. The van der Waals surface area contributed by atoms with Gasteiger partial charge in [0, 0.05) is 9.38 Å². The molecule has 1 amide bonds. The first-order chi connectivity index (χ1) is 6.25. The lowest BCUT2D eigenvalue weighted by Gasteiger charge is -2.15. The lowest BCUT2D eigenvalue weighted by Crippen LogP contribution is -2.40. The van der Waals surface area contributed by atoms with Crippen LogP contribution in [0.15, 0.2) is 0 Å². The molecule has 0 aliphatic carbocycles. The first-order valence-corrected chi connectivity index (χ1v) is 8.97. The van der Waals surface area contributed by atoms with E-state index >= 15 is 0 Å². The van der Waals surface area contributed by atoms with Crippen LogP contribution in [0.3, 0.4) is 0 Å². The van der Waals surface area contributed by atoms with Crippen LogP contribution in [0.25, 0.3) is 0 Å². The number of hydrogen-bond acceptors (Lipinski definition) is 2. The van der Waals surface area contributed by atoms with Crippen LogP contribution in [0, 0.1) is 13.8 Å². The number of primary amides is 1. The maximum absolute atomic E-state index is 11.4. The maximum atomic E-state index is 11.4. The lowest BCUT2D eigenvalue weighted by molar-refractivity contribution is 0.100. The molecule has 4 heteroatoms. The Hall–Kier alpha value is -0.613. The molecule has 1 rings (SSSR count). The molecule has 0 atom stereocenters. The third-order valence-corrected chi connectivity index (χ3v) is 7.09. The van der Waals surface area contributed by atoms with Crippen LogP contribution in [0.4, 0.5) is 0 Å². The van der Waals surface area contributed by atoms with Gasteiger partial charge in [-0.05, 0) is 19.4 Å². The summed E-state index contributed by atoms with van der Waals surface area (Å²) in [5.74, 6) is -0.274. The first kappa shape index (κ1) is 11.5. The Morgan fingerprint density at radius 2 is 1.79 bits per heavy atom. The van der Waals surface area contributed by atoms with Crippen molar-refractivity contribution in [2.45, 2.75) is 33.5 Å². The molecule has 1 aromatic rings. The largest absolute Gasteiger partial charge is 0.366 e. The molecule has 1 heterocycles. The second-order valence-corrected chi connectivity index (χ2v) is 11.2. The highest BCUT2D eigenvalue weighted by molar-refractivity contribution is 7.27. The molecule has 0 aromatic carbocycles. The fourth-order valence-electron chi connectivity index (χ4n) is 1.45. The van der Waals surface area contributed by atoms with Crippen molar-refractivity contribution in [1.29, 1.82) is 0 Å². The highest BCUT2D eigenvalue weighted by Crippen LogP contribution is 2.22. The van der Waals surface area contributed by atoms with Gasteiger partial charge in [-0.3, -0.25) is 4.79 Å². The molecule has 78 valence electrons. The highest BCUT2D eigenvalue weighted by Gasteiger charge is 2.27. The minimum atomic E-state index is -1.43. The zero-order valence-corrected chi connectivity index (χ0v) is 11.2. The zero-order valence-electron chi connectivity index (χ0n) is 9.39. The molecule has 0 fully saturated rings. The van der Waals surface area contributed by atoms with Gasteiger partial charge in [0.1, 0.15) is 0 Å². The molecule has 0 saturated heterocycles. The van der Waals surface area contributed by atoms with Gasteiger partial charge in [0.15, 0.2) is 0 Å². The minimum absolute atomic E-state index is 0.274. The number of hydrogen-bond donors (Lipinski definition) is 1. The average molecular weight is 227 g/mol. The second kappa shape index (κ2) is 3.51. The standard InChI is InChI=1S/C10H17NOSSi/c1-6-7(2)13-10(14(3,4)5)8(6)9(11)12/h1-5H3,(H2,11,12). The first-order valence-electron chi connectivity index (χ1n) is 4.65. The Morgan fingerprint density at radius 3 is 2.07 bits per heavy atom. The number of amides is 1. The molecule has 0 aliphatic rings. The van der Waals surface area contributed by atoms with Crippen LogP contribution < -0.4 is 10.2 Å². The normalized spacial score (nSPS) is 11.8. The Balaban J connectivity index is 3.45. The van der Waals surface area contributed by atoms with E-state index in [9.17, 15) is 4.79 Å². The third-order valence-electron chi connectivity index (χ3n) is 2.31. The van der Waals surface area contributed by atoms with Gasteiger partial charge in [0.2, 0.25) is 5.91 Å². The Labute approximate surface area is 90.1 Å². The van der Waals surface area contributed by atoms with Gasteiger partial charge in [0.05, 0.1) is 13.6 Å². The smallest absolute Gasteiger partial charge is 0.249 e. The molecule has 14 heavy (non-hydrogen) atoms. The molecule has 0 aliphatic heterocycles. The SMILES string of the molecule is Cc1sc([Si](C)(C)C)c(C(N)=O)c1C. The van der Waals surface area contributed by atoms with Gasteiger partial charge < -0.3 is 5.73 Å². The molecular formula is C10H17NOSSi. The van der Waals surface area contributed by atoms with E-state index in [2.05, 4.69) is 26.6 Å². The van der Waals surface area contributed by atoms with Crippen LogP contribution in [0.5, 0.6) is 0 Å². The number of aryl methyl sites for hydroxylation is 1. The number of carbonyl (C=O) groups excluding carboxylic acids is 1. The molecule has 2 nitrogen and oxygen atoms in total. The molecule has 0 saturated carbocycles. The minimum Gasteiger partial charge on any atom is -0.366 e. The van der Waals surface area contributed by atoms with Gasteiger partial charge in [-0.1, -0.05) is 19.6 Å². The van der Waals surface area contributed by atoms with E-state index in [1.54, 1.807) is 11.3 Å². The van der Waals surface area contributed by atoms with Crippen molar-refractivity contribution in [3.63, 3.8) is 0 Å². The second-order valence-electron chi connectivity index (χ2n) is 4.60. The van der Waals surface area contributed by atoms with E-state index < -0.39 is 8.07 Å². The average Bonchev–Trinajstić information content (AvgIpc) is 2.27. The van der Waals surface area contributed by atoms with Crippen molar-refractivity contribution >= 4 is 29.8 Å². The maximum Gasteiger partial charge on any atom is 0.249 e. The van der Waals surface area contributed by atoms with Gasteiger partial charge in [-0.2, -0.15) is 0 Å². The summed E-state index contributed by atoms with van der Waals surface area (Å²) in [6, 6.07) is 0. The van der Waals surface area contributed by atoms with Crippen molar-refractivity contribution in [3.8, 4) is 0 Å². The summed E-state index contributed by atoms with van der Waals surface area (Å²) in [4.78, 5) is 12.6. The van der Waals surface area contributed by atoms with Crippen LogP contribution in [-0.2, 0) is 0 Å². The fraction of sp³-hybridized carbons (Fsp3) is 0.500. The molecule has 0 unspecified atom stereocenters. The lowest BCUT2D eigenvalue weighted by atomic mass is 10.2. The molecule has 0 radical (unpaired) electrons. The predicted octanol–water partition coefficient (Wildman–Crippen LogP) is 2.01. The van der Waals surface area contributed by atoms with Crippen LogP contribution in [-0.4, -0.2) is 14.0 Å². The third kappa shape index (κ3) is 1.91. The topological polar surface area (TPSA) is 43.1 Å². The molecule has 0 bridgehead atoms. The number of carbonyl (C=O) groups is 1. The predicted molar refractivity (Wildman–Crippen MR) is 65.3 cm³/mol. The number of rotatable bonds is 2. The van der Waals surface area contributed by atoms with Crippen molar-refractivity contribution < 1.29 is 4.79 Å². The van der Waals surface area contributed by atoms with Gasteiger partial charge in [-0.15, -0.1) is 11.3 Å². The quantitative estimate of drug-likeness (QED) is 0.772. The summed E-state index contributed by atoms with van der Waals surface area (Å²) in [5.41, 5.74) is 7.27. The summed E-state index contributed by atoms with van der Waals surface area (Å²) in [6.45, 7) is 10.8. The fourth-order valence-corrected chi connectivity index (χ4v) is 5.11. The van der Waals surface area contributed by atoms with Gasteiger partial charge >= 0.3 is 0 Å². The monoisotopic (exact) mass is 227 g/mol. The van der Waals surface area contributed by atoms with Crippen molar-refractivity contribution in [2.75, 3.05) is 0 Å². The van der Waals surface area contributed by atoms with Crippen LogP contribution in [0.1, 0.15) is 20.8 Å². The van der Waals surface area contributed by atoms with Gasteiger partial charge in [-0.25, -0.2) is 0 Å². The summed E-state index contributed by atoms with van der Waals surface area (Å²) in [6.07, 6.45) is 0. The molecule has 1 aromatic heterocycles. The Kier molecular flexibility index (Phi) is 2.87. The highest BCUT2D eigenvalue weighted by atomic mass is 32.1. The van der Waals surface area contributed by atoms with Crippen LogP contribution >= 0.6 is 11.3 Å². The van der Waals surface area contributed by atoms with Crippen molar-refractivity contribution in [3.05, 3.63) is 16.0 Å². The van der Waals surface area contributed by atoms with E-state index in [1.807, 2.05) is 6.92 Å². The van der Waals surface area contributed by atoms with E-state index in [4.69, 9.17) is 5.73 Å². The number of thiophene rings is 1. The summed E-state index contributed by atoms with van der Waals surface area (Å²) in [5, 5.41) is 0. The Bertz CT molecular complexity index is 376.